The molecule has 1 spiro atoms. The molecule has 0 bridgehead atoms. The minimum absolute atomic E-state index is 0.380. The fourth-order valence-corrected chi connectivity index (χ4v) is 3.19. The van der Waals surface area contributed by atoms with Crippen molar-refractivity contribution in [3.63, 3.8) is 0 Å². The van der Waals surface area contributed by atoms with E-state index in [0.717, 1.165) is 51.3 Å². The lowest BCUT2D eigenvalue weighted by Gasteiger charge is -2.44. The molecule has 0 aliphatic carbocycles. The number of hydrogen-bond acceptors (Lipinski definition) is 3. The van der Waals surface area contributed by atoms with Crippen LogP contribution in [0.3, 0.4) is 0 Å². The zero-order valence-electron chi connectivity index (χ0n) is 11.8. The molecule has 0 atom stereocenters. The van der Waals surface area contributed by atoms with Gasteiger partial charge in [0.25, 0.3) is 0 Å². The van der Waals surface area contributed by atoms with Crippen LogP contribution >= 0.6 is 23.8 Å². The number of halogens is 1. The maximum atomic E-state index is 6.14. The van der Waals surface area contributed by atoms with Gasteiger partial charge >= 0.3 is 0 Å². The first-order valence-electron chi connectivity index (χ1n) is 7.27. The third-order valence-corrected chi connectivity index (χ3v) is 4.64. The standard InChI is InChI=1S/C15H19ClN2O2S/c16-12-4-1-2-5-13(12)17-14(21)18-8-6-15(7-9-18)19-10-3-11-20-15/h1-2,4-5H,3,6-11H2,(H,17,21). The molecule has 3 rings (SSSR count). The topological polar surface area (TPSA) is 33.7 Å². The summed E-state index contributed by atoms with van der Waals surface area (Å²) in [5, 5.41) is 4.59. The summed E-state index contributed by atoms with van der Waals surface area (Å²) in [4.78, 5) is 2.14. The van der Waals surface area contributed by atoms with Gasteiger partial charge in [-0.15, -0.1) is 0 Å². The van der Waals surface area contributed by atoms with Crippen LogP contribution < -0.4 is 5.32 Å². The number of nitrogens with zero attached hydrogens (tertiary/aromatic N) is 1. The second kappa shape index (κ2) is 6.48. The highest BCUT2D eigenvalue weighted by molar-refractivity contribution is 7.80. The molecule has 21 heavy (non-hydrogen) atoms. The number of para-hydroxylation sites is 1. The Bertz CT molecular complexity index is 510. The van der Waals surface area contributed by atoms with E-state index in [9.17, 15) is 0 Å². The predicted octanol–water partition coefficient (Wildman–Crippen LogP) is 3.27. The number of piperidine rings is 1. The molecular weight excluding hydrogens is 308 g/mol. The number of anilines is 1. The summed E-state index contributed by atoms with van der Waals surface area (Å²) in [6.45, 7) is 3.25. The Morgan fingerprint density at radius 3 is 2.52 bits per heavy atom. The van der Waals surface area contributed by atoms with E-state index >= 15 is 0 Å². The second-order valence-electron chi connectivity index (χ2n) is 5.36. The van der Waals surface area contributed by atoms with Crippen LogP contribution in [0.1, 0.15) is 19.3 Å². The Hall–Kier alpha value is -0.880. The number of hydrogen-bond donors (Lipinski definition) is 1. The molecule has 6 heteroatoms. The lowest BCUT2D eigenvalue weighted by Crippen LogP contribution is -2.52. The molecule has 1 N–H and O–H groups in total. The Balaban J connectivity index is 1.57. The highest BCUT2D eigenvalue weighted by Crippen LogP contribution is 2.31. The summed E-state index contributed by atoms with van der Waals surface area (Å²) < 4.78 is 11.7. The molecule has 2 heterocycles. The Morgan fingerprint density at radius 2 is 1.86 bits per heavy atom. The summed E-state index contributed by atoms with van der Waals surface area (Å²) in [6, 6.07) is 7.61. The van der Waals surface area contributed by atoms with Gasteiger partial charge in [0, 0.05) is 25.9 Å². The monoisotopic (exact) mass is 326 g/mol. The van der Waals surface area contributed by atoms with Crippen molar-refractivity contribution in [1.82, 2.24) is 4.90 Å². The predicted molar refractivity (Wildman–Crippen MR) is 87.7 cm³/mol. The van der Waals surface area contributed by atoms with Crippen molar-refractivity contribution in [3.05, 3.63) is 29.3 Å². The molecule has 2 fully saturated rings. The third-order valence-electron chi connectivity index (χ3n) is 3.95. The number of rotatable bonds is 1. The van der Waals surface area contributed by atoms with E-state index in [1.165, 1.54) is 0 Å². The van der Waals surface area contributed by atoms with Crippen molar-refractivity contribution < 1.29 is 9.47 Å². The Kier molecular flexibility index (Phi) is 4.64. The molecule has 114 valence electrons. The van der Waals surface area contributed by atoms with Crippen molar-refractivity contribution in [2.24, 2.45) is 0 Å². The fraction of sp³-hybridized carbons (Fsp3) is 0.533. The largest absolute Gasteiger partial charge is 0.350 e. The van der Waals surface area contributed by atoms with E-state index in [4.69, 9.17) is 33.3 Å². The van der Waals surface area contributed by atoms with Gasteiger partial charge in [0.1, 0.15) is 0 Å². The lowest BCUT2D eigenvalue weighted by atomic mass is 10.0. The van der Waals surface area contributed by atoms with Crippen LogP contribution in [0.5, 0.6) is 0 Å². The summed E-state index contributed by atoms with van der Waals surface area (Å²) in [5.74, 6) is -0.380. The molecule has 2 aliphatic rings. The summed E-state index contributed by atoms with van der Waals surface area (Å²) >= 11 is 11.6. The number of likely N-dealkylation sites (tertiary alicyclic amines) is 1. The van der Waals surface area contributed by atoms with E-state index in [1.807, 2.05) is 24.3 Å². The average Bonchev–Trinajstić information content (AvgIpc) is 2.51. The maximum absolute atomic E-state index is 6.14. The summed E-state index contributed by atoms with van der Waals surface area (Å²) in [7, 11) is 0. The first kappa shape index (κ1) is 15.0. The molecule has 0 unspecified atom stereocenters. The number of ether oxygens (including phenoxy) is 2. The van der Waals surface area contributed by atoms with Crippen LogP contribution in [-0.2, 0) is 9.47 Å². The van der Waals surface area contributed by atoms with Crippen LogP contribution in [0.2, 0.25) is 5.02 Å². The molecular formula is C15H19ClN2O2S. The quantitative estimate of drug-likeness (QED) is 0.801. The van der Waals surface area contributed by atoms with E-state index in [2.05, 4.69) is 10.2 Å². The van der Waals surface area contributed by atoms with Crippen LogP contribution in [0.25, 0.3) is 0 Å². The highest BCUT2D eigenvalue weighted by Gasteiger charge is 2.38. The van der Waals surface area contributed by atoms with Gasteiger partial charge in [0.15, 0.2) is 10.9 Å². The lowest BCUT2D eigenvalue weighted by molar-refractivity contribution is -0.281. The highest BCUT2D eigenvalue weighted by atomic mass is 35.5. The normalized spacial score (nSPS) is 21.3. The number of nitrogens with one attached hydrogen (secondary N) is 1. The minimum Gasteiger partial charge on any atom is -0.350 e. The van der Waals surface area contributed by atoms with Crippen LogP contribution in [0.4, 0.5) is 5.69 Å². The van der Waals surface area contributed by atoms with Crippen molar-refractivity contribution >= 4 is 34.6 Å². The molecule has 0 radical (unpaired) electrons. The summed E-state index contributed by atoms with van der Waals surface area (Å²) in [6.07, 6.45) is 2.67. The number of thiocarbonyl (C=S) groups is 1. The van der Waals surface area contributed by atoms with Gasteiger partial charge in [-0.1, -0.05) is 23.7 Å². The minimum atomic E-state index is -0.380. The molecule has 0 aromatic heterocycles. The smallest absolute Gasteiger partial charge is 0.173 e. The zero-order valence-corrected chi connectivity index (χ0v) is 13.4. The van der Waals surface area contributed by atoms with Gasteiger partial charge in [0.2, 0.25) is 0 Å². The maximum Gasteiger partial charge on any atom is 0.173 e. The fourth-order valence-electron chi connectivity index (χ4n) is 2.71. The van der Waals surface area contributed by atoms with Gasteiger partial charge in [-0.05, 0) is 30.8 Å². The molecule has 1 aromatic carbocycles. The van der Waals surface area contributed by atoms with Crippen molar-refractivity contribution in [3.8, 4) is 0 Å². The first-order chi connectivity index (χ1) is 10.2. The van der Waals surface area contributed by atoms with E-state index in [0.29, 0.717) is 10.1 Å². The van der Waals surface area contributed by atoms with Crippen molar-refractivity contribution in [2.75, 3.05) is 31.6 Å². The van der Waals surface area contributed by atoms with Gasteiger partial charge in [0.05, 0.1) is 23.9 Å². The van der Waals surface area contributed by atoms with Gasteiger partial charge < -0.3 is 19.7 Å². The molecule has 2 aliphatic heterocycles. The molecule has 0 saturated carbocycles. The molecule has 2 saturated heterocycles. The molecule has 1 aromatic rings. The van der Waals surface area contributed by atoms with E-state index in [1.54, 1.807) is 0 Å². The van der Waals surface area contributed by atoms with Gasteiger partial charge in [-0.25, -0.2) is 0 Å². The molecule has 4 nitrogen and oxygen atoms in total. The van der Waals surface area contributed by atoms with Crippen LogP contribution in [0.15, 0.2) is 24.3 Å². The number of benzene rings is 1. The van der Waals surface area contributed by atoms with Crippen molar-refractivity contribution in [1.29, 1.82) is 0 Å². The van der Waals surface area contributed by atoms with E-state index in [-0.39, 0.29) is 5.79 Å². The molecule has 0 amide bonds. The Labute approximate surface area is 135 Å². The van der Waals surface area contributed by atoms with Gasteiger partial charge in [-0.2, -0.15) is 0 Å². The van der Waals surface area contributed by atoms with Gasteiger partial charge in [-0.3, -0.25) is 0 Å². The zero-order chi connectivity index (χ0) is 14.7. The SMILES string of the molecule is S=C(Nc1ccccc1Cl)N1CCC2(CC1)OCCCO2. The summed E-state index contributed by atoms with van der Waals surface area (Å²) in [5.41, 5.74) is 0.842. The van der Waals surface area contributed by atoms with E-state index < -0.39 is 0 Å². The average molecular weight is 327 g/mol. The Morgan fingerprint density at radius 1 is 1.19 bits per heavy atom. The van der Waals surface area contributed by atoms with Crippen molar-refractivity contribution in [2.45, 2.75) is 25.0 Å². The first-order valence-corrected chi connectivity index (χ1v) is 8.06. The second-order valence-corrected chi connectivity index (χ2v) is 6.15. The van der Waals surface area contributed by atoms with Crippen LogP contribution in [0, 0.1) is 0 Å². The third kappa shape index (κ3) is 3.48. The van der Waals surface area contributed by atoms with Crippen LogP contribution in [-0.4, -0.2) is 42.1 Å².